The zero-order chi connectivity index (χ0) is 11.6. The van der Waals surface area contributed by atoms with Crippen molar-refractivity contribution in [3.05, 3.63) is 20.8 Å². The number of rotatable bonds is 3. The average molecular weight is 292 g/mol. The molecule has 0 radical (unpaired) electrons. The van der Waals surface area contributed by atoms with Gasteiger partial charge in [-0.15, -0.1) is 11.3 Å². The van der Waals surface area contributed by atoms with Gasteiger partial charge in [-0.3, -0.25) is 4.79 Å². The Balaban J connectivity index is 2.76. The molecule has 1 heterocycles. The first-order valence-corrected chi connectivity index (χ1v) is 5.75. The molecule has 0 aliphatic heterocycles. The van der Waals surface area contributed by atoms with Gasteiger partial charge < -0.3 is 10.4 Å². The van der Waals surface area contributed by atoms with Crippen LogP contribution in [0.5, 0.6) is 0 Å². The normalized spacial score (nSPS) is 11.1. The van der Waals surface area contributed by atoms with E-state index in [0.717, 1.165) is 3.79 Å². The molecule has 0 spiro atoms. The van der Waals surface area contributed by atoms with Crippen molar-refractivity contribution >= 4 is 39.1 Å². The van der Waals surface area contributed by atoms with Crippen molar-refractivity contribution in [3.63, 3.8) is 0 Å². The third kappa shape index (κ3) is 3.04. The van der Waals surface area contributed by atoms with Crippen LogP contribution in [0.4, 0.5) is 0 Å². The molecule has 6 heteroatoms. The van der Waals surface area contributed by atoms with E-state index in [0.29, 0.717) is 4.88 Å². The smallest absolute Gasteiger partial charge is 0.328 e. The van der Waals surface area contributed by atoms with Gasteiger partial charge >= 0.3 is 5.97 Å². The van der Waals surface area contributed by atoms with Gasteiger partial charge in [0.05, 0.1) is 8.66 Å². The molecule has 15 heavy (non-hydrogen) atoms. The van der Waals surface area contributed by atoms with Gasteiger partial charge in [-0.05, 0) is 41.9 Å². The molecule has 1 amide bonds. The van der Waals surface area contributed by atoms with Gasteiger partial charge in [-0.25, -0.2) is 4.79 Å². The van der Waals surface area contributed by atoms with Crippen LogP contribution in [-0.4, -0.2) is 22.5 Å². The van der Waals surface area contributed by atoms with Crippen molar-refractivity contribution in [2.24, 2.45) is 0 Å². The molecule has 0 aromatic carbocycles. The maximum Gasteiger partial charge on any atom is 0.328 e. The quantitative estimate of drug-likeness (QED) is 0.896. The molecule has 0 aliphatic carbocycles. The van der Waals surface area contributed by atoms with Crippen molar-refractivity contribution in [2.45, 2.75) is 19.4 Å². The maximum atomic E-state index is 11.6. The van der Waals surface area contributed by atoms with Crippen LogP contribution in [0.15, 0.2) is 15.9 Å². The first kappa shape index (κ1) is 12.2. The van der Waals surface area contributed by atoms with E-state index in [-0.39, 0.29) is 5.91 Å². The van der Waals surface area contributed by atoms with Crippen LogP contribution in [0.25, 0.3) is 0 Å². The molecule has 1 rings (SSSR count). The lowest BCUT2D eigenvalue weighted by atomic mass is 10.1. The Kier molecular flexibility index (Phi) is 3.51. The largest absolute Gasteiger partial charge is 0.480 e. The van der Waals surface area contributed by atoms with E-state index in [4.69, 9.17) is 5.11 Å². The third-order valence-electron chi connectivity index (χ3n) is 1.76. The number of carboxylic acid groups (broad SMARTS) is 1. The van der Waals surface area contributed by atoms with Gasteiger partial charge in [0.15, 0.2) is 0 Å². The number of carboxylic acids is 1. The number of thiophene rings is 1. The van der Waals surface area contributed by atoms with Gasteiger partial charge in [-0.2, -0.15) is 0 Å². The number of hydrogen-bond acceptors (Lipinski definition) is 3. The highest BCUT2D eigenvalue weighted by Gasteiger charge is 2.29. The minimum Gasteiger partial charge on any atom is -0.480 e. The van der Waals surface area contributed by atoms with Crippen LogP contribution in [-0.2, 0) is 4.79 Å². The van der Waals surface area contributed by atoms with Crippen LogP contribution in [0.2, 0.25) is 0 Å². The summed E-state index contributed by atoms with van der Waals surface area (Å²) in [5.41, 5.74) is -1.26. The van der Waals surface area contributed by atoms with Gasteiger partial charge in [0.2, 0.25) is 0 Å². The van der Waals surface area contributed by atoms with E-state index in [1.165, 1.54) is 25.2 Å². The van der Waals surface area contributed by atoms with E-state index >= 15 is 0 Å². The topological polar surface area (TPSA) is 66.4 Å². The minimum absolute atomic E-state index is 0.377. The Morgan fingerprint density at radius 1 is 1.47 bits per heavy atom. The maximum absolute atomic E-state index is 11.6. The highest BCUT2D eigenvalue weighted by Crippen LogP contribution is 2.22. The Morgan fingerprint density at radius 2 is 2.07 bits per heavy atom. The number of carbonyl (C=O) groups excluding carboxylic acids is 1. The summed E-state index contributed by atoms with van der Waals surface area (Å²) in [4.78, 5) is 22.8. The standard InChI is InChI=1S/C9H10BrNO3S/c1-9(2,8(13)14)11-7(12)5-3-4-6(10)15-5/h3-4H,1-2H3,(H,11,12)(H,13,14). The zero-order valence-corrected chi connectivity index (χ0v) is 10.6. The third-order valence-corrected chi connectivity index (χ3v) is 3.38. The Bertz CT molecular complexity index is 400. The molecule has 0 saturated carbocycles. The van der Waals surface area contributed by atoms with Crippen LogP contribution in [0.3, 0.4) is 0 Å². The summed E-state index contributed by atoms with van der Waals surface area (Å²) in [6.07, 6.45) is 0. The predicted molar refractivity (Wildman–Crippen MR) is 61.2 cm³/mol. The van der Waals surface area contributed by atoms with Crippen LogP contribution >= 0.6 is 27.3 Å². The van der Waals surface area contributed by atoms with Crippen molar-refractivity contribution in [1.82, 2.24) is 5.32 Å². The lowest BCUT2D eigenvalue weighted by Crippen LogP contribution is -2.49. The van der Waals surface area contributed by atoms with E-state index in [2.05, 4.69) is 21.2 Å². The molecular formula is C9H10BrNO3S. The number of nitrogens with one attached hydrogen (secondary N) is 1. The van der Waals surface area contributed by atoms with E-state index < -0.39 is 11.5 Å². The highest BCUT2D eigenvalue weighted by atomic mass is 79.9. The van der Waals surface area contributed by atoms with Crippen molar-refractivity contribution in [2.75, 3.05) is 0 Å². The lowest BCUT2D eigenvalue weighted by molar-refractivity contribution is -0.143. The summed E-state index contributed by atoms with van der Waals surface area (Å²) >= 11 is 4.49. The molecule has 4 nitrogen and oxygen atoms in total. The first-order valence-electron chi connectivity index (χ1n) is 4.14. The van der Waals surface area contributed by atoms with Crippen molar-refractivity contribution in [1.29, 1.82) is 0 Å². The van der Waals surface area contributed by atoms with Crippen molar-refractivity contribution in [3.8, 4) is 0 Å². The zero-order valence-electron chi connectivity index (χ0n) is 8.20. The fraction of sp³-hybridized carbons (Fsp3) is 0.333. The molecule has 0 saturated heterocycles. The molecule has 0 aliphatic rings. The Morgan fingerprint density at radius 3 is 2.47 bits per heavy atom. The van der Waals surface area contributed by atoms with E-state index in [1.54, 1.807) is 12.1 Å². The molecule has 2 N–H and O–H groups in total. The van der Waals surface area contributed by atoms with Crippen molar-refractivity contribution < 1.29 is 14.7 Å². The molecule has 82 valence electrons. The number of hydrogen-bond donors (Lipinski definition) is 2. The Hall–Kier alpha value is -0.880. The van der Waals surface area contributed by atoms with Gasteiger partial charge in [0.25, 0.3) is 5.91 Å². The average Bonchev–Trinajstić information content (AvgIpc) is 2.50. The summed E-state index contributed by atoms with van der Waals surface area (Å²) in [6.45, 7) is 2.88. The fourth-order valence-corrected chi connectivity index (χ4v) is 2.12. The second-order valence-electron chi connectivity index (χ2n) is 3.49. The number of aliphatic carboxylic acids is 1. The summed E-state index contributed by atoms with van der Waals surface area (Å²) in [5, 5.41) is 11.3. The van der Waals surface area contributed by atoms with Crippen LogP contribution in [0.1, 0.15) is 23.5 Å². The molecular weight excluding hydrogens is 282 g/mol. The summed E-state index contributed by atoms with van der Waals surface area (Å²) in [5.74, 6) is -1.44. The van der Waals surface area contributed by atoms with Crippen LogP contribution < -0.4 is 5.32 Å². The van der Waals surface area contributed by atoms with E-state index in [1.807, 2.05) is 0 Å². The molecule has 1 aromatic rings. The van der Waals surface area contributed by atoms with Gasteiger partial charge in [0, 0.05) is 0 Å². The second-order valence-corrected chi connectivity index (χ2v) is 5.95. The van der Waals surface area contributed by atoms with Gasteiger partial charge in [-0.1, -0.05) is 0 Å². The second kappa shape index (κ2) is 4.32. The summed E-state index contributed by atoms with van der Waals surface area (Å²) < 4.78 is 0.834. The van der Waals surface area contributed by atoms with Crippen LogP contribution in [0, 0.1) is 0 Å². The lowest BCUT2D eigenvalue weighted by Gasteiger charge is -2.20. The molecule has 0 atom stereocenters. The summed E-state index contributed by atoms with van der Waals surface area (Å²) in [6, 6.07) is 3.38. The number of amides is 1. The minimum atomic E-state index is -1.26. The molecule has 0 unspecified atom stereocenters. The molecule has 1 aromatic heterocycles. The van der Waals surface area contributed by atoms with E-state index in [9.17, 15) is 9.59 Å². The SMILES string of the molecule is CC(C)(NC(=O)c1ccc(Br)s1)C(=O)O. The first-order chi connectivity index (χ1) is 6.83. The fourth-order valence-electron chi connectivity index (χ4n) is 0.835. The van der Waals surface area contributed by atoms with Gasteiger partial charge in [0.1, 0.15) is 5.54 Å². The Labute approximate surface area is 99.4 Å². The highest BCUT2D eigenvalue weighted by molar-refractivity contribution is 9.11. The number of halogens is 1. The predicted octanol–water partition coefficient (Wildman–Crippen LogP) is 2.10. The number of carbonyl (C=O) groups is 2. The summed E-state index contributed by atoms with van der Waals surface area (Å²) in [7, 11) is 0. The monoisotopic (exact) mass is 291 g/mol. The molecule has 0 fully saturated rings. The molecule has 0 bridgehead atoms.